The molecule has 0 saturated carbocycles. The minimum Gasteiger partial charge on any atom is -0.364 e. The number of nitrogens with zero attached hydrogens (tertiary/aromatic N) is 1. The molecule has 0 radical (unpaired) electrons. The van der Waals surface area contributed by atoms with Gasteiger partial charge in [0, 0.05) is 28.0 Å². The lowest BCUT2D eigenvalue weighted by atomic mass is 10.2. The van der Waals surface area contributed by atoms with Crippen LogP contribution in [-0.4, -0.2) is 26.8 Å². The predicted octanol–water partition coefficient (Wildman–Crippen LogP) is 3.73. The third-order valence-electron chi connectivity index (χ3n) is 3.84. The van der Waals surface area contributed by atoms with Crippen molar-refractivity contribution >= 4 is 55.1 Å². The van der Waals surface area contributed by atoms with Crippen LogP contribution in [0.2, 0.25) is 0 Å². The van der Waals surface area contributed by atoms with Crippen molar-refractivity contribution in [2.45, 2.75) is 0 Å². The molecule has 3 aromatic heterocycles. The van der Waals surface area contributed by atoms with Gasteiger partial charge in [-0.15, -0.1) is 11.3 Å². The number of benzene rings is 1. The Morgan fingerprint density at radius 1 is 1.27 bits per heavy atom. The van der Waals surface area contributed by atoms with Crippen LogP contribution in [-0.2, 0) is 0 Å². The summed E-state index contributed by atoms with van der Waals surface area (Å²) < 4.78 is 0.708. The number of hydrogen-bond acceptors (Lipinski definition) is 4. The molecular formula is C17H12BrN5O2S. The molecule has 0 fully saturated rings. The van der Waals surface area contributed by atoms with Gasteiger partial charge in [-0.2, -0.15) is 0 Å². The van der Waals surface area contributed by atoms with Crippen LogP contribution >= 0.6 is 27.3 Å². The van der Waals surface area contributed by atoms with E-state index < -0.39 is 5.91 Å². The summed E-state index contributed by atoms with van der Waals surface area (Å²) in [5.74, 6) is -0.829. The molecule has 0 saturated heterocycles. The van der Waals surface area contributed by atoms with Gasteiger partial charge >= 0.3 is 0 Å². The summed E-state index contributed by atoms with van der Waals surface area (Å²) in [4.78, 5) is 34.0. The number of thiazole rings is 1. The maximum atomic E-state index is 12.6. The summed E-state index contributed by atoms with van der Waals surface area (Å²) in [6, 6.07) is 9.26. The number of nitrogens with one attached hydrogen (secondary N) is 3. The zero-order chi connectivity index (χ0) is 18.3. The molecule has 3 heterocycles. The Kier molecular flexibility index (Phi) is 4.09. The first-order chi connectivity index (χ1) is 12.5. The van der Waals surface area contributed by atoms with Crippen LogP contribution in [0.15, 0.2) is 46.4 Å². The Morgan fingerprint density at radius 3 is 2.81 bits per heavy atom. The fraction of sp³-hybridized carbons (Fsp3) is 0. The monoisotopic (exact) mass is 429 g/mol. The van der Waals surface area contributed by atoms with Crippen LogP contribution < -0.4 is 11.1 Å². The Labute approximate surface area is 159 Å². The van der Waals surface area contributed by atoms with Crippen LogP contribution in [0.1, 0.15) is 21.0 Å². The molecule has 0 unspecified atom stereocenters. The topological polar surface area (TPSA) is 117 Å². The predicted molar refractivity (Wildman–Crippen MR) is 104 cm³/mol. The van der Waals surface area contributed by atoms with Gasteiger partial charge in [-0.1, -0.05) is 18.2 Å². The number of carbonyl (C=O) groups excluding carboxylic acids is 2. The van der Waals surface area contributed by atoms with Gasteiger partial charge in [0.2, 0.25) is 0 Å². The standard InChI is InChI=1S/C17H12BrN5O2S/c18-13-9-3-1-2-4-10(9)21-14(13)16(25)23-17-22-12(7-26-17)8-5-11(15(19)24)20-6-8/h1-7,20-21H,(H2,19,24)(H,22,23,25). The first-order valence-electron chi connectivity index (χ1n) is 7.54. The van der Waals surface area contributed by atoms with Crippen molar-refractivity contribution in [2.24, 2.45) is 5.73 Å². The first kappa shape index (κ1) is 16.6. The molecule has 4 aromatic rings. The van der Waals surface area contributed by atoms with E-state index in [2.05, 4.69) is 36.2 Å². The van der Waals surface area contributed by atoms with Crippen LogP contribution in [0.3, 0.4) is 0 Å². The lowest BCUT2D eigenvalue weighted by molar-refractivity contribution is 0.0993. The number of aromatic amines is 2. The fourth-order valence-electron chi connectivity index (χ4n) is 2.57. The molecule has 5 N–H and O–H groups in total. The maximum absolute atomic E-state index is 12.6. The molecule has 0 aliphatic heterocycles. The maximum Gasteiger partial charge on any atom is 0.275 e. The highest BCUT2D eigenvalue weighted by Crippen LogP contribution is 2.29. The summed E-state index contributed by atoms with van der Waals surface area (Å²) in [5, 5.41) is 5.97. The number of fused-ring (bicyclic) bond motifs is 1. The van der Waals surface area contributed by atoms with E-state index in [1.807, 2.05) is 24.3 Å². The van der Waals surface area contributed by atoms with E-state index in [-0.39, 0.29) is 5.91 Å². The third-order valence-corrected chi connectivity index (χ3v) is 5.42. The van der Waals surface area contributed by atoms with Crippen LogP contribution in [0, 0.1) is 0 Å². The smallest absolute Gasteiger partial charge is 0.275 e. The first-order valence-corrected chi connectivity index (χ1v) is 9.22. The molecule has 7 nitrogen and oxygen atoms in total. The number of H-pyrrole nitrogens is 2. The van der Waals surface area contributed by atoms with E-state index in [0.29, 0.717) is 26.7 Å². The number of carbonyl (C=O) groups is 2. The van der Waals surface area contributed by atoms with Crippen LogP contribution in [0.4, 0.5) is 5.13 Å². The van der Waals surface area contributed by atoms with Crippen molar-refractivity contribution in [1.29, 1.82) is 0 Å². The molecule has 26 heavy (non-hydrogen) atoms. The van der Waals surface area contributed by atoms with Crippen LogP contribution in [0.25, 0.3) is 22.2 Å². The highest BCUT2D eigenvalue weighted by atomic mass is 79.9. The van der Waals surface area contributed by atoms with E-state index in [9.17, 15) is 9.59 Å². The van der Waals surface area contributed by atoms with E-state index in [4.69, 9.17) is 5.73 Å². The van der Waals surface area contributed by atoms with E-state index in [1.165, 1.54) is 11.3 Å². The van der Waals surface area contributed by atoms with Gasteiger partial charge in [-0.25, -0.2) is 4.98 Å². The summed E-state index contributed by atoms with van der Waals surface area (Å²) in [7, 11) is 0. The number of aromatic nitrogens is 3. The van der Waals surface area contributed by atoms with Crippen molar-refractivity contribution in [3.63, 3.8) is 0 Å². The number of nitrogens with two attached hydrogens (primary N) is 1. The molecule has 4 rings (SSSR count). The second kappa shape index (κ2) is 6.43. The van der Waals surface area contributed by atoms with Crippen LogP contribution in [0.5, 0.6) is 0 Å². The summed E-state index contributed by atoms with van der Waals surface area (Å²) >= 11 is 4.76. The van der Waals surface area contributed by atoms with E-state index in [1.54, 1.807) is 17.6 Å². The number of primary amides is 1. The average Bonchev–Trinajstić information content (AvgIpc) is 3.33. The van der Waals surface area contributed by atoms with Crippen molar-refractivity contribution in [3.8, 4) is 11.3 Å². The molecule has 0 atom stereocenters. The van der Waals surface area contributed by atoms with Gasteiger partial charge in [0.15, 0.2) is 5.13 Å². The summed E-state index contributed by atoms with van der Waals surface area (Å²) in [5.41, 5.74) is 8.21. The zero-order valence-corrected chi connectivity index (χ0v) is 15.6. The van der Waals surface area contributed by atoms with Crippen molar-refractivity contribution in [2.75, 3.05) is 5.32 Å². The quantitative estimate of drug-likeness (QED) is 0.395. The second-order valence-electron chi connectivity index (χ2n) is 5.52. The molecule has 0 aliphatic carbocycles. The largest absolute Gasteiger partial charge is 0.364 e. The fourth-order valence-corrected chi connectivity index (χ4v) is 3.91. The van der Waals surface area contributed by atoms with Crippen molar-refractivity contribution in [1.82, 2.24) is 15.0 Å². The number of amides is 2. The Bertz CT molecular complexity index is 1140. The summed E-state index contributed by atoms with van der Waals surface area (Å²) in [6.07, 6.45) is 1.65. The molecule has 2 amide bonds. The lowest BCUT2D eigenvalue weighted by Crippen LogP contribution is -2.12. The minimum atomic E-state index is -0.538. The average molecular weight is 430 g/mol. The van der Waals surface area contributed by atoms with Crippen molar-refractivity contribution in [3.05, 3.63) is 57.8 Å². The molecule has 0 bridgehead atoms. The number of rotatable bonds is 4. The molecule has 1 aromatic carbocycles. The zero-order valence-electron chi connectivity index (χ0n) is 13.2. The number of anilines is 1. The molecule has 0 aliphatic rings. The molecule has 0 spiro atoms. The van der Waals surface area contributed by atoms with E-state index >= 15 is 0 Å². The number of halogens is 1. The highest BCUT2D eigenvalue weighted by Gasteiger charge is 2.17. The normalized spacial score (nSPS) is 11.0. The third kappa shape index (κ3) is 2.91. The molecule has 130 valence electrons. The summed E-state index contributed by atoms with van der Waals surface area (Å²) in [6.45, 7) is 0. The second-order valence-corrected chi connectivity index (χ2v) is 7.17. The van der Waals surface area contributed by atoms with Gasteiger partial charge in [-0.05, 0) is 28.1 Å². The van der Waals surface area contributed by atoms with E-state index in [0.717, 1.165) is 16.5 Å². The van der Waals surface area contributed by atoms with Gasteiger partial charge in [-0.3, -0.25) is 14.9 Å². The van der Waals surface area contributed by atoms with Gasteiger partial charge in [0.1, 0.15) is 11.4 Å². The van der Waals surface area contributed by atoms with Gasteiger partial charge in [0.25, 0.3) is 11.8 Å². The number of para-hydroxylation sites is 1. The highest BCUT2D eigenvalue weighted by molar-refractivity contribution is 9.10. The number of hydrogen-bond donors (Lipinski definition) is 4. The van der Waals surface area contributed by atoms with Crippen molar-refractivity contribution < 1.29 is 9.59 Å². The lowest BCUT2D eigenvalue weighted by Gasteiger charge is -1.99. The molecular weight excluding hydrogens is 418 g/mol. The minimum absolute atomic E-state index is 0.291. The SMILES string of the molecule is NC(=O)c1cc(-c2csc(NC(=O)c3[nH]c4ccccc4c3Br)n2)c[nH]1. The Balaban J connectivity index is 1.57. The van der Waals surface area contributed by atoms with Gasteiger partial charge in [0.05, 0.1) is 10.2 Å². The Hall–Kier alpha value is -2.91. The molecule has 9 heteroatoms. The van der Waals surface area contributed by atoms with Gasteiger partial charge < -0.3 is 15.7 Å². The Morgan fingerprint density at radius 2 is 2.08 bits per heavy atom.